The Morgan fingerprint density at radius 2 is 1.48 bits per heavy atom. The second-order valence-corrected chi connectivity index (χ2v) is 8.54. The summed E-state index contributed by atoms with van der Waals surface area (Å²) in [6.45, 7) is 1.09. The van der Waals surface area contributed by atoms with Crippen LogP contribution < -0.4 is 10.1 Å². The van der Waals surface area contributed by atoms with Gasteiger partial charge in [0, 0.05) is 20.1 Å². The zero-order valence-electron chi connectivity index (χ0n) is 19.0. The van der Waals surface area contributed by atoms with E-state index >= 15 is 0 Å². The van der Waals surface area contributed by atoms with Crippen LogP contribution in [0.3, 0.4) is 0 Å². The van der Waals surface area contributed by atoms with Crippen molar-refractivity contribution in [3.05, 3.63) is 90.5 Å². The Labute approximate surface area is 195 Å². The van der Waals surface area contributed by atoms with Crippen molar-refractivity contribution in [2.75, 3.05) is 26.7 Å². The minimum atomic E-state index is -0.545. The van der Waals surface area contributed by atoms with Crippen LogP contribution in [0.5, 0.6) is 5.75 Å². The summed E-state index contributed by atoms with van der Waals surface area (Å²) in [5.74, 6) is 0.673. The van der Waals surface area contributed by atoms with Crippen molar-refractivity contribution >= 4 is 11.8 Å². The highest BCUT2D eigenvalue weighted by Crippen LogP contribution is 2.38. The van der Waals surface area contributed by atoms with Gasteiger partial charge in [-0.25, -0.2) is 0 Å². The maximum Gasteiger partial charge on any atom is 0.260 e. The standard InChI is InChI=1S/C28H30N2O3/c1-29-27(32)28(20-23-12-8-9-15-25(23)22-10-4-2-5-11-22)16-18-30(19-17-28)26(31)21-33-24-13-6-3-7-14-24/h2-15H,16-21H2,1H3,(H,29,32). The number of nitrogens with one attached hydrogen (secondary N) is 1. The number of piperidine rings is 1. The van der Waals surface area contributed by atoms with Gasteiger partial charge in [-0.15, -0.1) is 0 Å². The number of carbonyl (C=O) groups excluding carboxylic acids is 2. The van der Waals surface area contributed by atoms with Gasteiger partial charge in [0.15, 0.2) is 6.61 Å². The third-order valence-electron chi connectivity index (χ3n) is 6.52. The highest BCUT2D eigenvalue weighted by Gasteiger charge is 2.42. The number of amides is 2. The zero-order valence-corrected chi connectivity index (χ0v) is 19.0. The average Bonchev–Trinajstić information content (AvgIpc) is 2.88. The number of carbonyl (C=O) groups is 2. The fourth-order valence-electron chi connectivity index (χ4n) is 4.62. The van der Waals surface area contributed by atoms with Crippen LogP contribution in [0.1, 0.15) is 18.4 Å². The lowest BCUT2D eigenvalue weighted by molar-refractivity contribution is -0.141. The summed E-state index contributed by atoms with van der Waals surface area (Å²) in [6, 6.07) is 27.9. The van der Waals surface area contributed by atoms with E-state index in [0.29, 0.717) is 38.1 Å². The predicted molar refractivity (Wildman–Crippen MR) is 130 cm³/mol. The van der Waals surface area contributed by atoms with Crippen LogP contribution in [0.25, 0.3) is 11.1 Å². The highest BCUT2D eigenvalue weighted by molar-refractivity contribution is 5.84. The number of hydrogen-bond acceptors (Lipinski definition) is 3. The number of likely N-dealkylation sites (tertiary alicyclic amines) is 1. The highest BCUT2D eigenvalue weighted by atomic mass is 16.5. The molecular formula is C28H30N2O3. The summed E-state index contributed by atoms with van der Waals surface area (Å²) in [7, 11) is 1.69. The first-order valence-corrected chi connectivity index (χ1v) is 11.4. The van der Waals surface area contributed by atoms with Crippen LogP contribution in [-0.2, 0) is 16.0 Å². The molecule has 2 amide bonds. The zero-order chi connectivity index (χ0) is 23.1. The van der Waals surface area contributed by atoms with E-state index in [9.17, 15) is 9.59 Å². The van der Waals surface area contributed by atoms with E-state index in [-0.39, 0.29) is 18.4 Å². The third kappa shape index (κ3) is 5.25. The lowest BCUT2D eigenvalue weighted by Gasteiger charge is -2.41. The molecule has 1 N–H and O–H groups in total. The number of rotatable bonds is 7. The summed E-state index contributed by atoms with van der Waals surface area (Å²) in [5.41, 5.74) is 2.90. The molecule has 0 radical (unpaired) electrons. The summed E-state index contributed by atoms with van der Waals surface area (Å²) >= 11 is 0. The van der Waals surface area contributed by atoms with Gasteiger partial charge in [-0.05, 0) is 48.1 Å². The quantitative estimate of drug-likeness (QED) is 0.593. The first-order chi connectivity index (χ1) is 16.1. The SMILES string of the molecule is CNC(=O)C1(Cc2ccccc2-c2ccccc2)CCN(C(=O)COc2ccccc2)CC1. The van der Waals surface area contributed by atoms with Gasteiger partial charge in [-0.3, -0.25) is 9.59 Å². The first-order valence-electron chi connectivity index (χ1n) is 11.4. The number of nitrogens with zero attached hydrogens (tertiary/aromatic N) is 1. The fraction of sp³-hybridized carbons (Fsp3) is 0.286. The van der Waals surface area contributed by atoms with E-state index in [4.69, 9.17) is 4.74 Å². The Morgan fingerprint density at radius 3 is 2.15 bits per heavy atom. The van der Waals surface area contributed by atoms with Crippen molar-refractivity contribution in [3.8, 4) is 16.9 Å². The van der Waals surface area contributed by atoms with Gasteiger partial charge in [0.2, 0.25) is 5.91 Å². The molecule has 5 heteroatoms. The van der Waals surface area contributed by atoms with Crippen molar-refractivity contribution in [2.45, 2.75) is 19.3 Å². The third-order valence-corrected chi connectivity index (χ3v) is 6.52. The Morgan fingerprint density at radius 1 is 0.879 bits per heavy atom. The maximum atomic E-state index is 13.1. The van der Waals surface area contributed by atoms with Gasteiger partial charge >= 0.3 is 0 Å². The number of benzene rings is 3. The van der Waals surface area contributed by atoms with E-state index in [1.165, 1.54) is 0 Å². The monoisotopic (exact) mass is 442 g/mol. The molecule has 0 saturated carbocycles. The maximum absolute atomic E-state index is 13.1. The fourth-order valence-corrected chi connectivity index (χ4v) is 4.62. The normalized spacial score (nSPS) is 15.0. The topological polar surface area (TPSA) is 58.6 Å². The molecular weight excluding hydrogens is 412 g/mol. The molecule has 1 aliphatic rings. The van der Waals surface area contributed by atoms with E-state index in [0.717, 1.165) is 16.7 Å². The molecule has 0 aromatic heterocycles. The Hall–Kier alpha value is -3.60. The summed E-state index contributed by atoms with van der Waals surface area (Å²) < 4.78 is 5.63. The molecule has 1 heterocycles. The molecule has 1 saturated heterocycles. The lowest BCUT2D eigenvalue weighted by Crippen LogP contribution is -2.51. The van der Waals surface area contributed by atoms with E-state index in [1.807, 2.05) is 65.6 Å². The number of para-hydroxylation sites is 1. The van der Waals surface area contributed by atoms with Gasteiger partial charge in [0.25, 0.3) is 5.91 Å². The summed E-state index contributed by atoms with van der Waals surface area (Å²) in [4.78, 5) is 27.6. The molecule has 0 bridgehead atoms. The minimum absolute atomic E-state index is 0.00777. The Kier molecular flexibility index (Phi) is 7.08. The van der Waals surface area contributed by atoms with E-state index in [2.05, 4.69) is 29.6 Å². The van der Waals surface area contributed by atoms with Gasteiger partial charge < -0.3 is 15.0 Å². The van der Waals surface area contributed by atoms with Gasteiger partial charge in [-0.2, -0.15) is 0 Å². The average molecular weight is 443 g/mol. The molecule has 0 spiro atoms. The van der Waals surface area contributed by atoms with Crippen molar-refractivity contribution in [2.24, 2.45) is 5.41 Å². The molecule has 170 valence electrons. The lowest BCUT2D eigenvalue weighted by atomic mass is 9.72. The molecule has 3 aromatic carbocycles. The number of ether oxygens (including phenoxy) is 1. The first kappa shape index (κ1) is 22.6. The summed E-state index contributed by atoms with van der Waals surface area (Å²) in [5, 5.41) is 2.88. The molecule has 5 nitrogen and oxygen atoms in total. The van der Waals surface area contributed by atoms with Crippen LogP contribution in [0.15, 0.2) is 84.9 Å². The van der Waals surface area contributed by atoms with Gasteiger partial charge in [0.05, 0.1) is 5.41 Å². The second-order valence-electron chi connectivity index (χ2n) is 8.54. The van der Waals surface area contributed by atoms with E-state index < -0.39 is 5.41 Å². The second kappa shape index (κ2) is 10.3. The number of hydrogen-bond donors (Lipinski definition) is 1. The van der Waals surface area contributed by atoms with E-state index in [1.54, 1.807) is 7.05 Å². The molecule has 1 aliphatic heterocycles. The predicted octanol–water partition coefficient (Wildman–Crippen LogP) is 4.33. The summed E-state index contributed by atoms with van der Waals surface area (Å²) in [6.07, 6.45) is 1.88. The molecule has 4 rings (SSSR count). The minimum Gasteiger partial charge on any atom is -0.484 e. The molecule has 3 aromatic rings. The van der Waals surface area contributed by atoms with Crippen LogP contribution in [0.2, 0.25) is 0 Å². The van der Waals surface area contributed by atoms with Crippen molar-refractivity contribution in [3.63, 3.8) is 0 Å². The molecule has 33 heavy (non-hydrogen) atoms. The van der Waals surface area contributed by atoms with Gasteiger partial charge in [0.1, 0.15) is 5.75 Å². The Bertz CT molecular complexity index is 1070. The van der Waals surface area contributed by atoms with Crippen molar-refractivity contribution < 1.29 is 14.3 Å². The van der Waals surface area contributed by atoms with Crippen LogP contribution in [0.4, 0.5) is 0 Å². The molecule has 0 atom stereocenters. The smallest absolute Gasteiger partial charge is 0.260 e. The van der Waals surface area contributed by atoms with Crippen LogP contribution >= 0.6 is 0 Å². The molecule has 1 fully saturated rings. The van der Waals surface area contributed by atoms with Crippen LogP contribution in [-0.4, -0.2) is 43.5 Å². The largest absolute Gasteiger partial charge is 0.484 e. The molecule has 0 aliphatic carbocycles. The van der Waals surface area contributed by atoms with Gasteiger partial charge in [-0.1, -0.05) is 72.8 Å². The molecule has 0 unspecified atom stereocenters. The van der Waals surface area contributed by atoms with Crippen molar-refractivity contribution in [1.82, 2.24) is 10.2 Å². The Balaban J connectivity index is 1.47. The van der Waals surface area contributed by atoms with Crippen LogP contribution in [0, 0.1) is 5.41 Å². The van der Waals surface area contributed by atoms with Crippen molar-refractivity contribution in [1.29, 1.82) is 0 Å².